The molecule has 1 heterocycles. The third-order valence-electron chi connectivity index (χ3n) is 2.83. The molecule has 0 radical (unpaired) electrons. The normalized spacial score (nSPS) is 27.8. The molecule has 0 spiro atoms. The van der Waals surface area contributed by atoms with Gasteiger partial charge in [-0.15, -0.1) is 0 Å². The van der Waals surface area contributed by atoms with Gasteiger partial charge in [-0.25, -0.2) is 0 Å². The lowest BCUT2D eigenvalue weighted by Crippen LogP contribution is -2.50. The van der Waals surface area contributed by atoms with Gasteiger partial charge in [0.15, 0.2) is 0 Å². The van der Waals surface area contributed by atoms with Crippen LogP contribution in [0.1, 0.15) is 33.6 Å². The summed E-state index contributed by atoms with van der Waals surface area (Å²) < 4.78 is 0. The van der Waals surface area contributed by atoms with Crippen LogP contribution in [-0.4, -0.2) is 29.6 Å². The molecule has 1 aliphatic heterocycles. The molecule has 0 aromatic rings. The fourth-order valence-electron chi connectivity index (χ4n) is 1.95. The molecule has 1 unspecified atom stereocenters. The first-order chi connectivity index (χ1) is 5.08. The van der Waals surface area contributed by atoms with Gasteiger partial charge in [-0.2, -0.15) is 0 Å². The molecule has 0 saturated carbocycles. The molecule has 0 aromatic heterocycles. The standard InChI is InChI=1S/C9H20N2/c1-8-5-4-6-11(8)9(2,3)7-10/h8H,4-7,10H2,1-3H3. The maximum absolute atomic E-state index is 5.71. The van der Waals surface area contributed by atoms with Crippen LogP contribution in [0.15, 0.2) is 0 Å². The van der Waals surface area contributed by atoms with Gasteiger partial charge < -0.3 is 5.73 Å². The predicted molar refractivity (Wildman–Crippen MR) is 48.5 cm³/mol. The van der Waals surface area contributed by atoms with Crippen LogP contribution in [0.5, 0.6) is 0 Å². The van der Waals surface area contributed by atoms with Crippen molar-refractivity contribution in [3.63, 3.8) is 0 Å². The highest BCUT2D eigenvalue weighted by molar-refractivity contribution is 4.89. The van der Waals surface area contributed by atoms with Gasteiger partial charge >= 0.3 is 0 Å². The second-order valence-corrected chi connectivity index (χ2v) is 4.20. The molecule has 0 bridgehead atoms. The molecule has 2 nitrogen and oxygen atoms in total. The molecule has 1 rings (SSSR count). The highest BCUT2D eigenvalue weighted by Gasteiger charge is 2.32. The van der Waals surface area contributed by atoms with E-state index >= 15 is 0 Å². The zero-order valence-electron chi connectivity index (χ0n) is 7.93. The zero-order chi connectivity index (χ0) is 8.48. The van der Waals surface area contributed by atoms with E-state index in [2.05, 4.69) is 25.7 Å². The SMILES string of the molecule is CC1CCCN1C(C)(C)CN. The summed E-state index contributed by atoms with van der Waals surface area (Å²) in [6.45, 7) is 8.75. The van der Waals surface area contributed by atoms with E-state index in [-0.39, 0.29) is 5.54 Å². The minimum Gasteiger partial charge on any atom is -0.329 e. The van der Waals surface area contributed by atoms with Crippen LogP contribution in [0, 0.1) is 0 Å². The molecule has 66 valence electrons. The molecular formula is C9H20N2. The first-order valence-electron chi connectivity index (χ1n) is 4.55. The minimum atomic E-state index is 0.204. The van der Waals surface area contributed by atoms with Crippen molar-refractivity contribution in [2.24, 2.45) is 5.73 Å². The van der Waals surface area contributed by atoms with Crippen molar-refractivity contribution in [3.8, 4) is 0 Å². The van der Waals surface area contributed by atoms with Gasteiger partial charge in [0.25, 0.3) is 0 Å². The maximum atomic E-state index is 5.71. The molecule has 0 aromatic carbocycles. The van der Waals surface area contributed by atoms with E-state index in [1.807, 2.05) is 0 Å². The molecule has 1 saturated heterocycles. The Kier molecular flexibility index (Phi) is 2.55. The summed E-state index contributed by atoms with van der Waals surface area (Å²) in [5, 5.41) is 0. The number of hydrogen-bond donors (Lipinski definition) is 1. The fourth-order valence-corrected chi connectivity index (χ4v) is 1.95. The summed E-state index contributed by atoms with van der Waals surface area (Å²) in [6, 6.07) is 0.730. The molecule has 0 amide bonds. The number of rotatable bonds is 2. The van der Waals surface area contributed by atoms with Crippen LogP contribution in [-0.2, 0) is 0 Å². The Balaban J connectivity index is 2.58. The monoisotopic (exact) mass is 156 g/mol. The van der Waals surface area contributed by atoms with E-state index in [1.165, 1.54) is 19.4 Å². The molecule has 2 N–H and O–H groups in total. The van der Waals surface area contributed by atoms with Crippen molar-refractivity contribution in [2.45, 2.75) is 45.2 Å². The topological polar surface area (TPSA) is 29.3 Å². The van der Waals surface area contributed by atoms with E-state index in [1.54, 1.807) is 0 Å². The first kappa shape index (κ1) is 9.01. The lowest BCUT2D eigenvalue weighted by Gasteiger charge is -2.37. The Morgan fingerprint density at radius 1 is 1.55 bits per heavy atom. The molecule has 1 atom stereocenters. The van der Waals surface area contributed by atoms with E-state index in [4.69, 9.17) is 5.73 Å². The minimum absolute atomic E-state index is 0.204. The van der Waals surface area contributed by atoms with E-state index in [0.29, 0.717) is 0 Å². The summed E-state index contributed by atoms with van der Waals surface area (Å²) in [6.07, 6.45) is 2.67. The first-order valence-corrected chi connectivity index (χ1v) is 4.55. The van der Waals surface area contributed by atoms with Crippen molar-refractivity contribution >= 4 is 0 Å². The highest BCUT2D eigenvalue weighted by Crippen LogP contribution is 2.25. The van der Waals surface area contributed by atoms with Gasteiger partial charge in [0.1, 0.15) is 0 Å². The van der Waals surface area contributed by atoms with Gasteiger partial charge in [-0.3, -0.25) is 4.90 Å². The lowest BCUT2D eigenvalue weighted by molar-refractivity contribution is 0.120. The lowest BCUT2D eigenvalue weighted by atomic mass is 10.0. The largest absolute Gasteiger partial charge is 0.329 e. The van der Waals surface area contributed by atoms with Gasteiger partial charge in [-0.05, 0) is 40.2 Å². The molecular weight excluding hydrogens is 136 g/mol. The summed E-state index contributed by atoms with van der Waals surface area (Å²) in [5.41, 5.74) is 5.91. The maximum Gasteiger partial charge on any atom is 0.0278 e. The van der Waals surface area contributed by atoms with Gasteiger partial charge in [0.2, 0.25) is 0 Å². The second-order valence-electron chi connectivity index (χ2n) is 4.20. The molecule has 0 aliphatic carbocycles. The fraction of sp³-hybridized carbons (Fsp3) is 1.00. The van der Waals surface area contributed by atoms with E-state index in [9.17, 15) is 0 Å². The highest BCUT2D eigenvalue weighted by atomic mass is 15.2. The second kappa shape index (κ2) is 3.11. The Bertz CT molecular complexity index is 132. The predicted octanol–water partition coefficient (Wildman–Crippen LogP) is 1.21. The Hall–Kier alpha value is -0.0800. The third kappa shape index (κ3) is 1.74. The van der Waals surface area contributed by atoms with Crippen LogP contribution in [0.3, 0.4) is 0 Å². The molecule has 1 aliphatic rings. The zero-order valence-corrected chi connectivity index (χ0v) is 7.93. The van der Waals surface area contributed by atoms with Crippen molar-refractivity contribution in [2.75, 3.05) is 13.1 Å². The summed E-state index contributed by atoms with van der Waals surface area (Å²) in [7, 11) is 0. The van der Waals surface area contributed by atoms with Crippen LogP contribution in [0.2, 0.25) is 0 Å². The van der Waals surface area contributed by atoms with Crippen LogP contribution >= 0.6 is 0 Å². The van der Waals surface area contributed by atoms with Crippen molar-refractivity contribution in [1.82, 2.24) is 4.90 Å². The van der Waals surface area contributed by atoms with Crippen LogP contribution in [0.4, 0.5) is 0 Å². The number of hydrogen-bond acceptors (Lipinski definition) is 2. The van der Waals surface area contributed by atoms with Gasteiger partial charge in [0.05, 0.1) is 0 Å². The average molecular weight is 156 g/mol. The summed E-state index contributed by atoms with van der Waals surface area (Å²) in [5.74, 6) is 0. The van der Waals surface area contributed by atoms with Crippen LogP contribution < -0.4 is 5.73 Å². The van der Waals surface area contributed by atoms with Crippen molar-refractivity contribution in [3.05, 3.63) is 0 Å². The molecule has 2 heteroatoms. The molecule has 1 fully saturated rings. The van der Waals surface area contributed by atoms with Gasteiger partial charge in [-0.1, -0.05) is 0 Å². The van der Waals surface area contributed by atoms with E-state index < -0.39 is 0 Å². The average Bonchev–Trinajstić information content (AvgIpc) is 2.36. The summed E-state index contributed by atoms with van der Waals surface area (Å²) in [4.78, 5) is 2.52. The summed E-state index contributed by atoms with van der Waals surface area (Å²) >= 11 is 0. The third-order valence-corrected chi connectivity index (χ3v) is 2.83. The van der Waals surface area contributed by atoms with Gasteiger partial charge in [0, 0.05) is 18.1 Å². The Morgan fingerprint density at radius 3 is 2.55 bits per heavy atom. The van der Waals surface area contributed by atoms with Crippen LogP contribution in [0.25, 0.3) is 0 Å². The number of likely N-dealkylation sites (tertiary alicyclic amines) is 1. The molecule has 11 heavy (non-hydrogen) atoms. The number of nitrogens with two attached hydrogens (primary N) is 1. The smallest absolute Gasteiger partial charge is 0.0278 e. The Morgan fingerprint density at radius 2 is 2.18 bits per heavy atom. The quantitative estimate of drug-likeness (QED) is 0.651. The number of nitrogens with zero attached hydrogens (tertiary/aromatic N) is 1. The van der Waals surface area contributed by atoms with Crippen molar-refractivity contribution in [1.29, 1.82) is 0 Å². The Labute approximate surface area is 69.8 Å². The van der Waals surface area contributed by atoms with Crippen molar-refractivity contribution < 1.29 is 0 Å². The van der Waals surface area contributed by atoms with E-state index in [0.717, 1.165) is 12.6 Å².